The minimum Gasteiger partial charge on any atom is -0.389 e. The molecule has 1 fully saturated rings. The van der Waals surface area contributed by atoms with Crippen molar-refractivity contribution in [2.75, 3.05) is 12.4 Å². The summed E-state index contributed by atoms with van der Waals surface area (Å²) in [5.74, 6) is 0.609. The van der Waals surface area contributed by atoms with Crippen LogP contribution in [0.3, 0.4) is 0 Å². The van der Waals surface area contributed by atoms with Gasteiger partial charge in [0.1, 0.15) is 5.82 Å². The van der Waals surface area contributed by atoms with Crippen LogP contribution in [0.1, 0.15) is 37.0 Å². The minimum absolute atomic E-state index is 0.257. The molecule has 0 aromatic heterocycles. The number of halogens is 1. The number of benzene rings is 1. The van der Waals surface area contributed by atoms with E-state index in [0.717, 1.165) is 30.1 Å². The third-order valence-electron chi connectivity index (χ3n) is 3.19. The number of rotatable bonds is 4. The van der Waals surface area contributed by atoms with Gasteiger partial charge in [-0.05, 0) is 49.9 Å². The Morgan fingerprint density at radius 2 is 2.33 bits per heavy atom. The Bertz CT molecular complexity index is 415. The molecular formula is C14H19FO2S. The van der Waals surface area contributed by atoms with Gasteiger partial charge in [0.05, 0.1) is 12.2 Å². The van der Waals surface area contributed by atoms with Gasteiger partial charge in [0.2, 0.25) is 0 Å². The second kappa shape index (κ2) is 6.04. The number of hydrogen-bond donors (Lipinski definition) is 1. The monoisotopic (exact) mass is 270 g/mol. The fourth-order valence-electron chi connectivity index (χ4n) is 2.08. The van der Waals surface area contributed by atoms with E-state index in [1.54, 1.807) is 25.6 Å². The van der Waals surface area contributed by atoms with Crippen molar-refractivity contribution in [2.45, 2.75) is 43.8 Å². The summed E-state index contributed by atoms with van der Waals surface area (Å²) in [4.78, 5) is 0.958. The van der Waals surface area contributed by atoms with E-state index in [-0.39, 0.29) is 5.82 Å². The van der Waals surface area contributed by atoms with Crippen LogP contribution in [0.5, 0.6) is 0 Å². The topological polar surface area (TPSA) is 29.5 Å². The van der Waals surface area contributed by atoms with Crippen LogP contribution in [0, 0.1) is 12.7 Å². The summed E-state index contributed by atoms with van der Waals surface area (Å²) in [7, 11) is 0. The van der Waals surface area contributed by atoms with Crippen molar-refractivity contribution in [1.82, 2.24) is 0 Å². The average molecular weight is 270 g/mol. The normalized spacial score (nSPS) is 21.2. The maximum absolute atomic E-state index is 13.5. The summed E-state index contributed by atoms with van der Waals surface area (Å²) in [5, 5.41) is 9.70. The molecule has 2 unspecified atom stereocenters. The first kappa shape index (κ1) is 13.8. The summed E-state index contributed by atoms with van der Waals surface area (Å²) in [5.41, 5.74) is 1.29. The molecular weight excluding hydrogens is 251 g/mol. The van der Waals surface area contributed by atoms with Crippen LogP contribution < -0.4 is 0 Å². The van der Waals surface area contributed by atoms with Crippen LogP contribution >= 0.6 is 11.8 Å². The Morgan fingerprint density at radius 3 is 2.94 bits per heavy atom. The van der Waals surface area contributed by atoms with Gasteiger partial charge in [-0.25, -0.2) is 4.39 Å². The van der Waals surface area contributed by atoms with Gasteiger partial charge in [0, 0.05) is 17.3 Å². The molecule has 0 spiro atoms. The van der Waals surface area contributed by atoms with E-state index >= 15 is 0 Å². The molecule has 1 aromatic carbocycles. The van der Waals surface area contributed by atoms with E-state index in [0.29, 0.717) is 17.2 Å². The van der Waals surface area contributed by atoms with Gasteiger partial charge in [0.15, 0.2) is 0 Å². The third kappa shape index (κ3) is 3.25. The number of aliphatic hydroxyl groups is 1. The summed E-state index contributed by atoms with van der Waals surface area (Å²) in [6, 6.07) is 3.26. The van der Waals surface area contributed by atoms with Crippen LogP contribution in [-0.4, -0.2) is 23.6 Å². The fourth-order valence-corrected chi connectivity index (χ4v) is 3.36. The lowest BCUT2D eigenvalue weighted by Crippen LogP contribution is -2.08. The highest BCUT2D eigenvalue weighted by atomic mass is 32.2. The predicted octanol–water partition coefficient (Wildman–Crippen LogP) is 3.46. The van der Waals surface area contributed by atoms with Gasteiger partial charge in [-0.1, -0.05) is 0 Å². The summed E-state index contributed by atoms with van der Waals surface area (Å²) < 4.78 is 19.1. The molecule has 2 nitrogen and oxygen atoms in total. The van der Waals surface area contributed by atoms with Gasteiger partial charge in [0.25, 0.3) is 0 Å². The quantitative estimate of drug-likeness (QED) is 0.850. The van der Waals surface area contributed by atoms with E-state index in [1.807, 2.05) is 6.07 Å². The number of aryl methyl sites for hydroxylation is 1. The first-order valence-electron chi connectivity index (χ1n) is 6.30. The van der Waals surface area contributed by atoms with Crippen LogP contribution in [0.2, 0.25) is 0 Å². The number of thioether (sulfide) groups is 1. The van der Waals surface area contributed by atoms with E-state index in [1.165, 1.54) is 6.07 Å². The first-order valence-corrected chi connectivity index (χ1v) is 7.29. The van der Waals surface area contributed by atoms with Crippen LogP contribution in [0.25, 0.3) is 0 Å². The second-order valence-electron chi connectivity index (χ2n) is 4.76. The van der Waals surface area contributed by atoms with Crippen molar-refractivity contribution in [2.24, 2.45) is 0 Å². The van der Waals surface area contributed by atoms with Crippen molar-refractivity contribution >= 4 is 11.8 Å². The summed E-state index contributed by atoms with van der Waals surface area (Å²) >= 11 is 1.64. The molecule has 2 atom stereocenters. The van der Waals surface area contributed by atoms with Crippen LogP contribution in [0.15, 0.2) is 17.0 Å². The van der Waals surface area contributed by atoms with Gasteiger partial charge < -0.3 is 9.84 Å². The molecule has 18 heavy (non-hydrogen) atoms. The van der Waals surface area contributed by atoms with Gasteiger partial charge in [-0.15, -0.1) is 11.8 Å². The first-order chi connectivity index (χ1) is 8.58. The minimum atomic E-state index is -0.646. The van der Waals surface area contributed by atoms with Crippen molar-refractivity contribution < 1.29 is 14.2 Å². The van der Waals surface area contributed by atoms with Gasteiger partial charge in [-0.3, -0.25) is 0 Å². The highest BCUT2D eigenvalue weighted by Crippen LogP contribution is 2.32. The lowest BCUT2D eigenvalue weighted by atomic mass is 10.1. The molecule has 2 rings (SSSR count). The molecule has 0 radical (unpaired) electrons. The lowest BCUT2D eigenvalue weighted by molar-refractivity contribution is 0.129. The summed E-state index contributed by atoms with van der Waals surface area (Å²) in [6.45, 7) is 4.26. The molecule has 0 amide bonds. The number of aliphatic hydroxyl groups excluding tert-OH is 1. The third-order valence-corrected chi connectivity index (χ3v) is 4.39. The number of hydrogen-bond acceptors (Lipinski definition) is 3. The van der Waals surface area contributed by atoms with E-state index < -0.39 is 6.10 Å². The van der Waals surface area contributed by atoms with Crippen molar-refractivity contribution in [3.63, 3.8) is 0 Å². The fraction of sp³-hybridized carbons (Fsp3) is 0.571. The van der Waals surface area contributed by atoms with E-state index in [4.69, 9.17) is 4.74 Å². The predicted molar refractivity (Wildman–Crippen MR) is 71.5 cm³/mol. The zero-order chi connectivity index (χ0) is 13.1. The van der Waals surface area contributed by atoms with Crippen molar-refractivity contribution in [3.8, 4) is 0 Å². The molecule has 1 aromatic rings. The largest absolute Gasteiger partial charge is 0.389 e. The molecule has 1 aliphatic heterocycles. The zero-order valence-corrected chi connectivity index (χ0v) is 11.6. The standard InChI is InChI=1S/C14H19FO2S/c1-9-6-14(12(10(2)16)7-13(9)15)18-8-11-4-3-5-17-11/h6-7,10-11,16H,3-5,8H2,1-2H3. The molecule has 100 valence electrons. The molecule has 1 N–H and O–H groups in total. The van der Waals surface area contributed by atoms with Crippen molar-refractivity contribution in [3.05, 3.63) is 29.1 Å². The van der Waals surface area contributed by atoms with Gasteiger partial charge in [-0.2, -0.15) is 0 Å². The Hall–Kier alpha value is -0.580. The Morgan fingerprint density at radius 1 is 1.56 bits per heavy atom. The van der Waals surface area contributed by atoms with Gasteiger partial charge >= 0.3 is 0 Å². The van der Waals surface area contributed by atoms with Crippen LogP contribution in [-0.2, 0) is 4.74 Å². The van der Waals surface area contributed by atoms with Crippen molar-refractivity contribution in [1.29, 1.82) is 0 Å². The van der Waals surface area contributed by atoms with Crippen LogP contribution in [0.4, 0.5) is 4.39 Å². The molecule has 0 bridgehead atoms. The highest BCUT2D eigenvalue weighted by Gasteiger charge is 2.18. The maximum Gasteiger partial charge on any atom is 0.126 e. The SMILES string of the molecule is Cc1cc(SCC2CCCO2)c(C(C)O)cc1F. The average Bonchev–Trinajstić information content (AvgIpc) is 2.83. The molecule has 1 heterocycles. The molecule has 1 aliphatic rings. The Balaban J connectivity index is 2.12. The maximum atomic E-state index is 13.5. The Kier molecular flexibility index (Phi) is 4.65. The lowest BCUT2D eigenvalue weighted by Gasteiger charge is -2.15. The Labute approximate surface area is 112 Å². The van der Waals surface area contributed by atoms with E-state index in [2.05, 4.69) is 0 Å². The number of ether oxygens (including phenoxy) is 1. The second-order valence-corrected chi connectivity index (χ2v) is 5.82. The smallest absolute Gasteiger partial charge is 0.126 e. The molecule has 0 aliphatic carbocycles. The molecule has 1 saturated heterocycles. The van der Waals surface area contributed by atoms with E-state index in [9.17, 15) is 9.50 Å². The highest BCUT2D eigenvalue weighted by molar-refractivity contribution is 7.99. The zero-order valence-electron chi connectivity index (χ0n) is 10.8. The summed E-state index contributed by atoms with van der Waals surface area (Å²) in [6.07, 6.45) is 1.86. The molecule has 0 saturated carbocycles. The molecule has 4 heteroatoms.